The predicted molar refractivity (Wildman–Crippen MR) is 59.4 cm³/mol. The van der Waals surface area contributed by atoms with Crippen molar-refractivity contribution in [3.05, 3.63) is 47.5 Å². The van der Waals surface area contributed by atoms with Gasteiger partial charge in [0.05, 0.1) is 0 Å². The molecule has 0 amide bonds. The predicted octanol–water partition coefficient (Wildman–Crippen LogP) is 2.94. The average molecular weight is 209 g/mol. The van der Waals surface area contributed by atoms with Crippen molar-refractivity contribution in [3.63, 3.8) is 0 Å². The molecule has 1 radical (unpaired) electrons. The van der Waals surface area contributed by atoms with Crippen LogP contribution in [0.1, 0.15) is 11.1 Å². The first kappa shape index (κ1) is 8.22. The minimum Gasteiger partial charge on any atom is -0.488 e. The van der Waals surface area contributed by atoms with Gasteiger partial charge in [0, 0.05) is 22.3 Å². The zero-order chi connectivity index (χ0) is 10.5. The summed E-state index contributed by atoms with van der Waals surface area (Å²) >= 11 is 0. The highest BCUT2D eigenvalue weighted by Crippen LogP contribution is 2.47. The molecular formula is C14H9O2. The minimum atomic E-state index is 0.611. The van der Waals surface area contributed by atoms with Crippen LogP contribution >= 0.6 is 0 Å². The molecule has 4 rings (SSSR count). The summed E-state index contributed by atoms with van der Waals surface area (Å²) in [7, 11) is 0. The summed E-state index contributed by atoms with van der Waals surface area (Å²) in [6, 6.07) is 13.1. The summed E-state index contributed by atoms with van der Waals surface area (Å²) in [5.41, 5.74) is 4.77. The van der Waals surface area contributed by atoms with Crippen LogP contribution in [0.25, 0.3) is 11.1 Å². The van der Waals surface area contributed by atoms with Gasteiger partial charge in [-0.2, -0.15) is 0 Å². The van der Waals surface area contributed by atoms with Gasteiger partial charge in [-0.05, 0) is 24.3 Å². The van der Waals surface area contributed by atoms with Crippen molar-refractivity contribution in [1.29, 1.82) is 0 Å². The summed E-state index contributed by atoms with van der Waals surface area (Å²) in [6.45, 7) is 1.23. The third-order valence-electron chi connectivity index (χ3n) is 3.17. The fourth-order valence-corrected chi connectivity index (χ4v) is 2.44. The van der Waals surface area contributed by atoms with Crippen molar-refractivity contribution in [1.82, 2.24) is 0 Å². The Morgan fingerprint density at radius 2 is 1.69 bits per heavy atom. The van der Waals surface area contributed by atoms with Crippen LogP contribution in [-0.2, 0) is 13.2 Å². The quantitative estimate of drug-likeness (QED) is 0.664. The number of benzene rings is 2. The minimum absolute atomic E-state index is 0.611. The van der Waals surface area contributed by atoms with E-state index in [1.807, 2.05) is 24.3 Å². The molecule has 16 heavy (non-hydrogen) atoms. The highest BCUT2D eigenvalue weighted by Gasteiger charge is 2.26. The Balaban J connectivity index is 2.15. The standard InChI is InChI=1S/C14H9O2/c1-3-9-7-16-12-6-2-4-10-8-15-11(5-1)13(9)14(10)12/h1,3-6H,7-8H2. The molecule has 0 fully saturated rings. The number of hydrogen-bond acceptors (Lipinski definition) is 2. The SMILES string of the molecule is [c]1cc2c3c(c1)OCc1cccc(c1-3)OC2. The van der Waals surface area contributed by atoms with E-state index < -0.39 is 0 Å². The molecule has 2 aliphatic rings. The van der Waals surface area contributed by atoms with Crippen LogP contribution in [0.4, 0.5) is 0 Å². The molecule has 0 N–H and O–H groups in total. The molecule has 77 valence electrons. The lowest BCUT2D eigenvalue weighted by Crippen LogP contribution is -2.13. The highest BCUT2D eigenvalue weighted by atomic mass is 16.5. The molecule has 2 heteroatoms. The third-order valence-corrected chi connectivity index (χ3v) is 3.17. The first-order chi connectivity index (χ1) is 7.93. The molecule has 0 atom stereocenters. The maximum atomic E-state index is 5.74. The van der Waals surface area contributed by atoms with Gasteiger partial charge in [-0.25, -0.2) is 0 Å². The van der Waals surface area contributed by atoms with Gasteiger partial charge in [0.15, 0.2) is 0 Å². The van der Waals surface area contributed by atoms with E-state index in [4.69, 9.17) is 9.47 Å². The largest absolute Gasteiger partial charge is 0.488 e. The summed E-state index contributed by atoms with van der Waals surface area (Å²) in [4.78, 5) is 0. The van der Waals surface area contributed by atoms with Crippen LogP contribution in [0.3, 0.4) is 0 Å². The summed E-state index contributed by atoms with van der Waals surface area (Å²) in [5.74, 6) is 1.90. The summed E-state index contributed by atoms with van der Waals surface area (Å²) in [6.07, 6.45) is 0. The van der Waals surface area contributed by atoms with Gasteiger partial charge in [-0.15, -0.1) is 0 Å². The normalized spacial score (nSPS) is 14.8. The lowest BCUT2D eigenvalue weighted by atomic mass is 9.91. The smallest absolute Gasteiger partial charge is 0.128 e. The monoisotopic (exact) mass is 209 g/mol. The van der Waals surface area contributed by atoms with E-state index in [0.29, 0.717) is 13.2 Å². The molecule has 2 aromatic carbocycles. The molecular weight excluding hydrogens is 200 g/mol. The summed E-state index contributed by atoms with van der Waals surface area (Å²) in [5, 5.41) is 0. The van der Waals surface area contributed by atoms with Crippen LogP contribution in [0.5, 0.6) is 11.5 Å². The van der Waals surface area contributed by atoms with Crippen LogP contribution < -0.4 is 9.47 Å². The van der Waals surface area contributed by atoms with Crippen molar-refractivity contribution in [2.45, 2.75) is 13.2 Å². The number of ether oxygens (including phenoxy) is 2. The fraction of sp³-hybridized carbons (Fsp3) is 0.143. The van der Waals surface area contributed by atoms with E-state index in [9.17, 15) is 0 Å². The van der Waals surface area contributed by atoms with Crippen LogP contribution in [0.15, 0.2) is 30.3 Å². The van der Waals surface area contributed by atoms with Crippen LogP contribution in [0.2, 0.25) is 0 Å². The Kier molecular flexibility index (Phi) is 1.43. The second kappa shape index (κ2) is 2.79. The fourth-order valence-electron chi connectivity index (χ4n) is 2.44. The van der Waals surface area contributed by atoms with E-state index in [1.54, 1.807) is 0 Å². The van der Waals surface area contributed by atoms with Gasteiger partial charge >= 0.3 is 0 Å². The van der Waals surface area contributed by atoms with Crippen molar-refractivity contribution in [2.24, 2.45) is 0 Å². The van der Waals surface area contributed by atoms with E-state index >= 15 is 0 Å². The molecule has 2 nitrogen and oxygen atoms in total. The third kappa shape index (κ3) is 0.915. The second-order valence-corrected chi connectivity index (χ2v) is 4.09. The van der Waals surface area contributed by atoms with Crippen LogP contribution in [0, 0.1) is 6.07 Å². The molecule has 2 aliphatic heterocycles. The Bertz CT molecular complexity index is 489. The Morgan fingerprint density at radius 1 is 0.875 bits per heavy atom. The summed E-state index contributed by atoms with van der Waals surface area (Å²) < 4.78 is 11.5. The van der Waals surface area contributed by atoms with Crippen molar-refractivity contribution in [3.8, 4) is 22.6 Å². The van der Waals surface area contributed by atoms with E-state index in [-0.39, 0.29) is 0 Å². The topological polar surface area (TPSA) is 18.5 Å². The first-order valence-electron chi connectivity index (χ1n) is 5.34. The molecule has 0 saturated heterocycles. The van der Waals surface area contributed by atoms with Crippen molar-refractivity contribution in [2.75, 3.05) is 0 Å². The van der Waals surface area contributed by atoms with Crippen molar-refractivity contribution < 1.29 is 9.47 Å². The van der Waals surface area contributed by atoms with Crippen LogP contribution in [-0.4, -0.2) is 0 Å². The van der Waals surface area contributed by atoms with Gasteiger partial charge in [0.1, 0.15) is 24.7 Å². The Labute approximate surface area is 93.4 Å². The molecule has 0 spiro atoms. The molecule has 0 bridgehead atoms. The zero-order valence-electron chi connectivity index (χ0n) is 8.62. The van der Waals surface area contributed by atoms with E-state index in [1.165, 1.54) is 16.7 Å². The number of hydrogen-bond donors (Lipinski definition) is 0. The maximum Gasteiger partial charge on any atom is 0.128 e. The van der Waals surface area contributed by atoms with Gasteiger partial charge in [-0.1, -0.05) is 12.1 Å². The molecule has 2 heterocycles. The molecule has 0 saturated carbocycles. The molecule has 0 aromatic heterocycles. The van der Waals surface area contributed by atoms with Crippen molar-refractivity contribution >= 4 is 0 Å². The zero-order valence-corrected chi connectivity index (χ0v) is 8.62. The molecule has 2 aromatic rings. The Hall–Kier alpha value is -1.96. The maximum absolute atomic E-state index is 5.74. The molecule has 0 unspecified atom stereocenters. The lowest BCUT2D eigenvalue weighted by molar-refractivity contribution is 0.278. The van der Waals surface area contributed by atoms with E-state index in [2.05, 4.69) is 12.1 Å². The first-order valence-corrected chi connectivity index (χ1v) is 5.34. The Morgan fingerprint density at radius 3 is 2.69 bits per heavy atom. The van der Waals surface area contributed by atoms with Gasteiger partial charge in [0.25, 0.3) is 0 Å². The highest BCUT2D eigenvalue weighted by molar-refractivity contribution is 5.83. The van der Waals surface area contributed by atoms with Gasteiger partial charge in [-0.3, -0.25) is 0 Å². The second-order valence-electron chi connectivity index (χ2n) is 4.09. The van der Waals surface area contributed by atoms with E-state index in [0.717, 1.165) is 17.1 Å². The van der Waals surface area contributed by atoms with Gasteiger partial charge < -0.3 is 9.47 Å². The van der Waals surface area contributed by atoms with Gasteiger partial charge in [0.2, 0.25) is 0 Å². The average Bonchev–Trinajstić information content (AvgIpc) is 2.36. The number of rotatable bonds is 0. The molecule has 0 aliphatic carbocycles. The lowest BCUT2D eigenvalue weighted by Gasteiger charge is -2.28.